The van der Waals surface area contributed by atoms with E-state index >= 15 is 0 Å². The number of rotatable bonds is 9. The first-order valence-corrected chi connectivity index (χ1v) is 13.1. The number of carboxylic acid groups (broad SMARTS) is 1. The van der Waals surface area contributed by atoms with Crippen LogP contribution in [0.15, 0.2) is 78.9 Å². The van der Waals surface area contributed by atoms with E-state index in [9.17, 15) is 19.5 Å². The molecule has 7 heteroatoms. The number of carboxylic acids is 1. The number of nitrogens with one attached hydrogen (secondary N) is 1. The summed E-state index contributed by atoms with van der Waals surface area (Å²) in [4.78, 5) is 38.4. The van der Waals surface area contributed by atoms with Gasteiger partial charge in [0.2, 0.25) is 5.91 Å². The van der Waals surface area contributed by atoms with Gasteiger partial charge in [-0.3, -0.25) is 9.59 Å². The van der Waals surface area contributed by atoms with E-state index in [2.05, 4.69) is 29.6 Å². The topological polar surface area (TPSA) is 95.9 Å². The van der Waals surface area contributed by atoms with Gasteiger partial charge >= 0.3 is 12.1 Å². The van der Waals surface area contributed by atoms with E-state index in [-0.39, 0.29) is 49.9 Å². The smallest absolute Gasteiger partial charge is 0.407 e. The van der Waals surface area contributed by atoms with Crippen molar-refractivity contribution in [1.82, 2.24) is 10.2 Å². The number of carbonyl (C=O) groups excluding carboxylic acids is 2. The number of nitrogens with zero attached hydrogens (tertiary/aromatic N) is 1. The third-order valence-electron chi connectivity index (χ3n) is 7.57. The zero-order valence-electron chi connectivity index (χ0n) is 21.2. The van der Waals surface area contributed by atoms with Crippen LogP contribution in [0, 0.1) is 5.92 Å². The SMILES string of the molecule is O=C(O)CN(Cc1ccccc1)C(=O)C[C@H]1CC[C@@H](NC(=O)OCC2c3ccccc3-c3ccccc32)C1. The van der Waals surface area contributed by atoms with Gasteiger partial charge in [0.05, 0.1) is 0 Å². The van der Waals surface area contributed by atoms with Crippen molar-refractivity contribution in [2.45, 2.75) is 44.2 Å². The third kappa shape index (κ3) is 5.88. The average molecular weight is 513 g/mol. The summed E-state index contributed by atoms with van der Waals surface area (Å²) < 4.78 is 5.68. The van der Waals surface area contributed by atoms with Crippen molar-refractivity contribution in [3.05, 3.63) is 95.6 Å². The molecule has 2 atom stereocenters. The first kappa shape index (κ1) is 25.5. The minimum absolute atomic E-state index is 0.00642. The molecule has 2 aliphatic rings. The minimum atomic E-state index is -1.03. The van der Waals surface area contributed by atoms with Gasteiger partial charge in [-0.05, 0) is 53.0 Å². The Bertz CT molecular complexity index is 1260. The molecule has 3 aromatic rings. The molecular formula is C31H32N2O5. The molecule has 0 aromatic heterocycles. The summed E-state index contributed by atoms with van der Waals surface area (Å²) in [6.45, 7) is 0.195. The van der Waals surface area contributed by atoms with Crippen LogP contribution in [0.2, 0.25) is 0 Å². The summed E-state index contributed by atoms with van der Waals surface area (Å²) in [6.07, 6.45) is 2.05. The normalized spacial score (nSPS) is 17.9. The summed E-state index contributed by atoms with van der Waals surface area (Å²) in [7, 11) is 0. The Balaban J connectivity index is 1.12. The summed E-state index contributed by atoms with van der Waals surface area (Å²) in [5.74, 6) is -1.11. The highest BCUT2D eigenvalue weighted by molar-refractivity contribution is 5.81. The number of amides is 2. The summed E-state index contributed by atoms with van der Waals surface area (Å²) in [6, 6.07) is 25.8. The van der Waals surface area contributed by atoms with Gasteiger partial charge in [-0.15, -0.1) is 0 Å². The molecule has 0 saturated heterocycles. The molecule has 196 valence electrons. The number of carbonyl (C=O) groups is 3. The Morgan fingerprint density at radius 2 is 1.50 bits per heavy atom. The predicted molar refractivity (Wildman–Crippen MR) is 143 cm³/mol. The van der Waals surface area contributed by atoms with Gasteiger partial charge in [0, 0.05) is 24.9 Å². The molecule has 0 radical (unpaired) electrons. The first-order valence-electron chi connectivity index (χ1n) is 13.1. The number of benzene rings is 3. The molecule has 2 N–H and O–H groups in total. The molecular weight excluding hydrogens is 480 g/mol. The second-order valence-corrected chi connectivity index (χ2v) is 10.2. The lowest BCUT2D eigenvalue weighted by Crippen LogP contribution is -2.36. The van der Waals surface area contributed by atoms with Crippen molar-refractivity contribution in [1.29, 1.82) is 0 Å². The highest BCUT2D eigenvalue weighted by Crippen LogP contribution is 2.44. The van der Waals surface area contributed by atoms with Gasteiger partial charge in [0.1, 0.15) is 13.2 Å². The fourth-order valence-electron chi connectivity index (χ4n) is 5.77. The van der Waals surface area contributed by atoms with Crippen molar-refractivity contribution in [2.75, 3.05) is 13.2 Å². The van der Waals surface area contributed by atoms with Crippen molar-refractivity contribution in [3.8, 4) is 11.1 Å². The van der Waals surface area contributed by atoms with E-state index in [4.69, 9.17) is 4.74 Å². The second kappa shape index (κ2) is 11.5. The molecule has 1 fully saturated rings. The Kier molecular flexibility index (Phi) is 7.73. The van der Waals surface area contributed by atoms with E-state index in [1.54, 1.807) is 0 Å². The maximum Gasteiger partial charge on any atom is 0.407 e. The largest absolute Gasteiger partial charge is 0.480 e. The molecule has 38 heavy (non-hydrogen) atoms. The molecule has 0 aliphatic heterocycles. The van der Waals surface area contributed by atoms with E-state index in [1.807, 2.05) is 54.6 Å². The molecule has 7 nitrogen and oxygen atoms in total. The number of alkyl carbamates (subject to hydrolysis) is 1. The molecule has 3 aromatic carbocycles. The second-order valence-electron chi connectivity index (χ2n) is 10.2. The van der Waals surface area contributed by atoms with Crippen LogP contribution in [0.5, 0.6) is 0 Å². The zero-order valence-corrected chi connectivity index (χ0v) is 21.2. The van der Waals surface area contributed by atoms with Crippen LogP contribution >= 0.6 is 0 Å². The first-order chi connectivity index (χ1) is 18.5. The maximum atomic E-state index is 13.0. The summed E-state index contributed by atoms with van der Waals surface area (Å²) in [5, 5.41) is 12.3. The molecule has 0 unspecified atom stereocenters. The fraction of sp³-hybridized carbons (Fsp3) is 0.323. The van der Waals surface area contributed by atoms with Crippen LogP contribution in [-0.2, 0) is 20.9 Å². The van der Waals surface area contributed by atoms with Crippen molar-refractivity contribution < 1.29 is 24.2 Å². The molecule has 0 spiro atoms. The number of aliphatic carboxylic acids is 1. The highest BCUT2D eigenvalue weighted by Gasteiger charge is 2.32. The van der Waals surface area contributed by atoms with E-state index in [0.717, 1.165) is 18.4 Å². The average Bonchev–Trinajstić information content (AvgIpc) is 3.49. The van der Waals surface area contributed by atoms with Crippen LogP contribution < -0.4 is 5.32 Å². The standard InChI is InChI=1S/C31H32N2O5/c34-29(33(19-30(35)36)18-21-8-2-1-3-9-21)17-22-14-15-23(16-22)32-31(37)38-20-28-26-12-6-4-10-24(26)25-11-5-7-13-27(25)28/h1-13,22-23,28H,14-20H2,(H,32,37)(H,35,36)/t22-,23+/m0/s1. The highest BCUT2D eigenvalue weighted by atomic mass is 16.5. The Morgan fingerprint density at radius 1 is 0.868 bits per heavy atom. The van der Waals surface area contributed by atoms with Gasteiger partial charge in [0.25, 0.3) is 0 Å². The number of ether oxygens (including phenoxy) is 1. The van der Waals surface area contributed by atoms with Crippen molar-refractivity contribution in [3.63, 3.8) is 0 Å². The van der Waals surface area contributed by atoms with Gasteiger partial charge in [-0.1, -0.05) is 78.9 Å². The summed E-state index contributed by atoms with van der Waals surface area (Å²) >= 11 is 0. The Hall–Kier alpha value is -4.13. The predicted octanol–water partition coefficient (Wildman–Crippen LogP) is 5.20. The minimum Gasteiger partial charge on any atom is -0.480 e. The number of fused-ring (bicyclic) bond motifs is 3. The Labute approximate surface area is 222 Å². The third-order valence-corrected chi connectivity index (χ3v) is 7.57. The maximum absolute atomic E-state index is 13.0. The Morgan fingerprint density at radius 3 is 2.16 bits per heavy atom. The van der Waals surface area contributed by atoms with Gasteiger partial charge in [-0.2, -0.15) is 0 Å². The van der Waals surface area contributed by atoms with Crippen LogP contribution in [-0.4, -0.2) is 47.2 Å². The van der Waals surface area contributed by atoms with Crippen molar-refractivity contribution in [2.24, 2.45) is 5.92 Å². The number of hydrogen-bond acceptors (Lipinski definition) is 4. The molecule has 0 bridgehead atoms. The van der Waals surface area contributed by atoms with Crippen LogP contribution in [0.3, 0.4) is 0 Å². The van der Waals surface area contributed by atoms with E-state index in [1.165, 1.54) is 27.2 Å². The lowest BCUT2D eigenvalue weighted by atomic mass is 9.98. The lowest BCUT2D eigenvalue weighted by Gasteiger charge is -2.23. The van der Waals surface area contributed by atoms with Gasteiger partial charge < -0.3 is 20.1 Å². The quantitative estimate of drug-likeness (QED) is 0.411. The fourth-order valence-corrected chi connectivity index (χ4v) is 5.77. The monoisotopic (exact) mass is 512 g/mol. The molecule has 2 aliphatic carbocycles. The molecule has 2 amide bonds. The van der Waals surface area contributed by atoms with Gasteiger partial charge in [0.15, 0.2) is 0 Å². The number of hydrogen-bond donors (Lipinski definition) is 2. The van der Waals surface area contributed by atoms with Crippen LogP contribution in [0.25, 0.3) is 11.1 Å². The molecule has 5 rings (SSSR count). The van der Waals surface area contributed by atoms with E-state index < -0.39 is 12.1 Å². The summed E-state index contributed by atoms with van der Waals surface area (Å²) in [5.41, 5.74) is 5.60. The van der Waals surface area contributed by atoms with Crippen LogP contribution in [0.1, 0.15) is 48.3 Å². The zero-order chi connectivity index (χ0) is 26.5. The molecule has 1 saturated carbocycles. The van der Waals surface area contributed by atoms with Crippen molar-refractivity contribution >= 4 is 18.0 Å². The lowest BCUT2D eigenvalue weighted by molar-refractivity contribution is -0.145. The van der Waals surface area contributed by atoms with Crippen LogP contribution in [0.4, 0.5) is 4.79 Å². The van der Waals surface area contributed by atoms with Gasteiger partial charge in [-0.25, -0.2) is 4.79 Å². The molecule has 0 heterocycles. The van der Waals surface area contributed by atoms with E-state index in [0.29, 0.717) is 6.42 Å².